The topological polar surface area (TPSA) is 119 Å². The van der Waals surface area contributed by atoms with Crippen LogP contribution in [-0.2, 0) is 33.3 Å². The second kappa shape index (κ2) is 12.6. The van der Waals surface area contributed by atoms with Gasteiger partial charge in [0.2, 0.25) is 0 Å². The van der Waals surface area contributed by atoms with E-state index < -0.39 is 65.1 Å². The van der Waals surface area contributed by atoms with Gasteiger partial charge in [-0.2, -0.15) is 0 Å². The van der Waals surface area contributed by atoms with Gasteiger partial charge in [-0.15, -0.1) is 16.4 Å². The minimum Gasteiger partial charge on any atom is -0.463 e. The van der Waals surface area contributed by atoms with Crippen LogP contribution in [0.5, 0.6) is 0 Å². The minimum atomic E-state index is -1.65. The van der Waals surface area contributed by atoms with Crippen LogP contribution in [0.1, 0.15) is 26.8 Å². The van der Waals surface area contributed by atoms with E-state index in [1.54, 1.807) is 11.4 Å². The lowest BCUT2D eigenvalue weighted by Gasteiger charge is -2.44. The van der Waals surface area contributed by atoms with Gasteiger partial charge in [-0.25, -0.2) is 17.9 Å². The summed E-state index contributed by atoms with van der Waals surface area (Å²) in [5, 5.41) is 10.1. The van der Waals surface area contributed by atoms with E-state index in [2.05, 4.69) is 10.3 Å². The molecule has 1 aromatic carbocycles. The molecule has 0 N–H and O–H groups in total. The second-order valence-corrected chi connectivity index (χ2v) is 11.3. The van der Waals surface area contributed by atoms with Gasteiger partial charge in [0.05, 0.1) is 15.4 Å². The third kappa shape index (κ3) is 6.95. The van der Waals surface area contributed by atoms with Crippen molar-refractivity contribution in [3.05, 3.63) is 52.3 Å². The third-order valence-electron chi connectivity index (χ3n) is 5.54. The highest BCUT2D eigenvalue weighted by atomic mass is 35.5. The van der Waals surface area contributed by atoms with Crippen LogP contribution < -0.4 is 0 Å². The van der Waals surface area contributed by atoms with E-state index in [1.807, 2.05) is 0 Å². The summed E-state index contributed by atoms with van der Waals surface area (Å²) < 4.78 is 65.7. The van der Waals surface area contributed by atoms with Crippen molar-refractivity contribution < 1.29 is 46.5 Å². The molecule has 1 saturated heterocycles. The van der Waals surface area contributed by atoms with E-state index >= 15 is 0 Å². The molecule has 0 radical (unpaired) electrons. The summed E-state index contributed by atoms with van der Waals surface area (Å²) in [5.74, 6) is -6.56. The van der Waals surface area contributed by atoms with Crippen molar-refractivity contribution in [2.75, 3.05) is 6.61 Å². The molecule has 2 aromatic heterocycles. The van der Waals surface area contributed by atoms with E-state index in [0.29, 0.717) is 9.23 Å². The Bertz CT molecular complexity index is 1400. The van der Waals surface area contributed by atoms with E-state index in [-0.39, 0.29) is 17.9 Å². The van der Waals surface area contributed by atoms with Gasteiger partial charge in [0.25, 0.3) is 0 Å². The number of hydrogen-bond donors (Lipinski definition) is 0. The quantitative estimate of drug-likeness (QED) is 0.202. The lowest BCUT2D eigenvalue weighted by atomic mass is 9.96. The van der Waals surface area contributed by atoms with Crippen molar-refractivity contribution in [1.82, 2.24) is 15.0 Å². The molecule has 3 aromatic rings. The van der Waals surface area contributed by atoms with Crippen LogP contribution in [0.4, 0.5) is 13.2 Å². The summed E-state index contributed by atoms with van der Waals surface area (Å²) >= 11 is 8.52. The monoisotopic (exact) mass is 619 g/mol. The van der Waals surface area contributed by atoms with Gasteiger partial charge in [-0.3, -0.25) is 14.4 Å². The van der Waals surface area contributed by atoms with Gasteiger partial charge in [0.15, 0.2) is 29.7 Å². The highest BCUT2D eigenvalue weighted by Gasteiger charge is 2.52. The number of esters is 3. The summed E-state index contributed by atoms with van der Waals surface area (Å²) in [6, 6.07) is 2.04. The average molecular weight is 620 g/mol. The Morgan fingerprint density at radius 1 is 1.05 bits per heavy atom. The fourth-order valence-corrected chi connectivity index (χ4v) is 6.50. The number of rotatable bonds is 8. The molecule has 3 heterocycles. The number of nitrogens with zero attached hydrogens (tertiary/aromatic N) is 3. The fourth-order valence-electron chi connectivity index (χ4n) is 4.01. The zero-order valence-corrected chi connectivity index (χ0v) is 23.4. The Kier molecular flexibility index (Phi) is 9.38. The molecule has 10 nitrogen and oxygen atoms in total. The van der Waals surface area contributed by atoms with E-state index in [9.17, 15) is 27.6 Å². The predicted molar refractivity (Wildman–Crippen MR) is 136 cm³/mol. The highest BCUT2D eigenvalue weighted by molar-refractivity contribution is 8.01. The molecule has 16 heteroatoms. The summed E-state index contributed by atoms with van der Waals surface area (Å²) in [4.78, 5) is 35.9. The van der Waals surface area contributed by atoms with Gasteiger partial charge in [0, 0.05) is 31.7 Å². The maximum absolute atomic E-state index is 13.9. The standard InChI is InChI=1S/C24H21ClF3N3O7S2/c1-10(32)35-8-18-22(36-11(2)33)21(23(37-12(3)34)24(38-18)40-19-6-14(25)9-39-19)31-7-17(29-30-31)13-4-15(26)20(28)16(27)5-13/h4-7,9,18,21-24H,8H2,1-3H3/t18-,21+,22+,23-,24-/m1/s1. The number of halogens is 4. The van der Waals surface area contributed by atoms with Crippen molar-refractivity contribution in [1.29, 1.82) is 0 Å². The Morgan fingerprint density at radius 2 is 1.70 bits per heavy atom. The molecule has 0 spiro atoms. The molecule has 0 unspecified atom stereocenters. The number of carbonyl (C=O) groups is 3. The number of thiophene rings is 1. The number of benzene rings is 1. The first-order valence-electron chi connectivity index (χ1n) is 11.5. The molecule has 40 heavy (non-hydrogen) atoms. The molecule has 0 amide bonds. The normalized spacial score (nSPS) is 22.5. The van der Waals surface area contributed by atoms with Gasteiger partial charge in [-0.1, -0.05) is 28.6 Å². The smallest absolute Gasteiger partial charge is 0.303 e. The lowest BCUT2D eigenvalue weighted by molar-refractivity contribution is -0.212. The first kappa shape index (κ1) is 29.8. The summed E-state index contributed by atoms with van der Waals surface area (Å²) in [5.41, 5.74) is -1.14. The van der Waals surface area contributed by atoms with E-state index in [1.165, 1.54) is 36.1 Å². The van der Waals surface area contributed by atoms with E-state index in [4.69, 9.17) is 30.5 Å². The van der Waals surface area contributed by atoms with Crippen molar-refractivity contribution in [2.24, 2.45) is 0 Å². The predicted octanol–water partition coefficient (Wildman–Crippen LogP) is 4.56. The average Bonchev–Trinajstić information content (AvgIpc) is 3.51. The van der Waals surface area contributed by atoms with Crippen LogP contribution in [0.25, 0.3) is 11.3 Å². The molecule has 1 aliphatic heterocycles. The van der Waals surface area contributed by atoms with Crippen LogP contribution in [-0.4, -0.2) is 63.3 Å². The molecular formula is C24H21ClF3N3O7S2. The molecular weight excluding hydrogens is 599 g/mol. The van der Waals surface area contributed by atoms with Gasteiger partial charge in [-0.05, 0) is 18.2 Å². The molecule has 214 valence electrons. The fraction of sp³-hybridized carbons (Fsp3) is 0.375. The SMILES string of the molecule is CC(=O)OC[C@H]1O[C@H](Sc2cc(Cl)cs2)[C@H](OC(C)=O)[C@@H](n2cc(-c3cc(F)c(F)c(F)c3)nn2)[C@H]1OC(C)=O. The van der Waals surface area contributed by atoms with Gasteiger partial charge < -0.3 is 18.9 Å². The molecule has 1 fully saturated rings. The van der Waals surface area contributed by atoms with Crippen LogP contribution in [0.3, 0.4) is 0 Å². The number of hydrogen-bond acceptors (Lipinski definition) is 11. The first-order valence-corrected chi connectivity index (χ1v) is 13.7. The summed E-state index contributed by atoms with van der Waals surface area (Å²) in [6.45, 7) is 3.16. The largest absolute Gasteiger partial charge is 0.463 e. The van der Waals surface area contributed by atoms with Crippen molar-refractivity contribution in [3.8, 4) is 11.3 Å². The Hall–Kier alpha value is -3.14. The highest BCUT2D eigenvalue weighted by Crippen LogP contribution is 2.43. The number of aromatic nitrogens is 3. The maximum Gasteiger partial charge on any atom is 0.303 e. The Morgan fingerprint density at radius 3 is 2.27 bits per heavy atom. The molecule has 0 saturated carbocycles. The Balaban J connectivity index is 1.80. The minimum absolute atomic E-state index is 0.0572. The zero-order valence-electron chi connectivity index (χ0n) is 21.0. The van der Waals surface area contributed by atoms with Crippen molar-refractivity contribution >= 4 is 52.6 Å². The number of ether oxygens (including phenoxy) is 4. The van der Waals surface area contributed by atoms with Crippen LogP contribution in [0.15, 0.2) is 34.0 Å². The van der Waals surface area contributed by atoms with E-state index in [0.717, 1.165) is 30.8 Å². The maximum atomic E-state index is 13.9. The second-order valence-electron chi connectivity index (χ2n) is 8.52. The molecule has 0 aliphatic carbocycles. The van der Waals surface area contributed by atoms with Crippen molar-refractivity contribution in [3.63, 3.8) is 0 Å². The third-order valence-corrected chi connectivity index (χ3v) is 8.15. The first-order chi connectivity index (χ1) is 18.9. The van der Waals surface area contributed by atoms with Gasteiger partial charge in [0.1, 0.15) is 29.9 Å². The van der Waals surface area contributed by atoms with Gasteiger partial charge >= 0.3 is 17.9 Å². The van der Waals surface area contributed by atoms with Crippen molar-refractivity contribution in [2.45, 2.75) is 54.8 Å². The Labute approximate surface area is 238 Å². The summed E-state index contributed by atoms with van der Waals surface area (Å²) in [7, 11) is 0. The lowest BCUT2D eigenvalue weighted by Crippen LogP contribution is -2.57. The summed E-state index contributed by atoms with van der Waals surface area (Å²) in [6.07, 6.45) is -2.20. The van der Waals surface area contributed by atoms with Crippen LogP contribution >= 0.6 is 34.7 Å². The molecule has 4 rings (SSSR count). The zero-order chi connectivity index (χ0) is 29.1. The molecule has 1 aliphatic rings. The molecule has 0 bridgehead atoms. The number of thioether (sulfide) groups is 1. The van der Waals surface area contributed by atoms with Crippen LogP contribution in [0.2, 0.25) is 5.02 Å². The molecule has 5 atom stereocenters. The number of carbonyl (C=O) groups excluding carboxylic acids is 3. The van der Waals surface area contributed by atoms with Crippen LogP contribution in [0, 0.1) is 17.5 Å².